The molecule has 5 nitrogen and oxygen atoms in total. The lowest BCUT2D eigenvalue weighted by molar-refractivity contribution is 0.191. The molecular weight excluding hydrogens is 288 g/mol. The van der Waals surface area contributed by atoms with E-state index in [1.165, 1.54) is 18.2 Å². The molecule has 1 unspecified atom stereocenters. The van der Waals surface area contributed by atoms with Crippen LogP contribution in [0.4, 0.5) is 0 Å². The standard InChI is InChI=1S/C12H15ClN2O3S/c1-3-12(2,8-16)15-19(17,18)11-5-4-9(7-14)6-10(11)13/h4-6,15-16H,3,8H2,1-2H3. The van der Waals surface area contributed by atoms with Gasteiger partial charge >= 0.3 is 0 Å². The van der Waals surface area contributed by atoms with E-state index in [-0.39, 0.29) is 22.1 Å². The Labute approximate surface area is 117 Å². The molecule has 0 aromatic heterocycles. The third-order valence-corrected chi connectivity index (χ3v) is 4.98. The maximum absolute atomic E-state index is 12.2. The number of aliphatic hydroxyl groups is 1. The van der Waals surface area contributed by atoms with Gasteiger partial charge in [0.2, 0.25) is 10.0 Å². The molecular formula is C12H15ClN2O3S. The predicted molar refractivity (Wildman–Crippen MR) is 72.3 cm³/mol. The van der Waals surface area contributed by atoms with Crippen molar-refractivity contribution in [2.45, 2.75) is 30.7 Å². The van der Waals surface area contributed by atoms with Gasteiger partial charge in [-0.3, -0.25) is 0 Å². The maximum atomic E-state index is 12.2. The summed E-state index contributed by atoms with van der Waals surface area (Å²) < 4.78 is 26.8. The van der Waals surface area contributed by atoms with E-state index in [1.54, 1.807) is 13.8 Å². The first kappa shape index (κ1) is 15.9. The maximum Gasteiger partial charge on any atom is 0.242 e. The smallest absolute Gasteiger partial charge is 0.242 e. The molecule has 104 valence electrons. The van der Waals surface area contributed by atoms with E-state index < -0.39 is 15.6 Å². The van der Waals surface area contributed by atoms with Gasteiger partial charge in [-0.15, -0.1) is 0 Å². The highest BCUT2D eigenvalue weighted by atomic mass is 35.5. The first-order chi connectivity index (χ1) is 8.78. The summed E-state index contributed by atoms with van der Waals surface area (Å²) in [6, 6.07) is 5.82. The first-order valence-corrected chi connectivity index (χ1v) is 7.48. The fourth-order valence-corrected chi connectivity index (χ4v) is 3.40. The molecule has 0 saturated heterocycles. The molecule has 7 heteroatoms. The number of nitriles is 1. The molecule has 0 radical (unpaired) electrons. The number of sulfonamides is 1. The highest BCUT2D eigenvalue weighted by molar-refractivity contribution is 7.89. The minimum atomic E-state index is -3.85. The normalized spacial score (nSPS) is 14.7. The van der Waals surface area contributed by atoms with Crippen molar-refractivity contribution in [3.05, 3.63) is 28.8 Å². The molecule has 0 aliphatic heterocycles. The van der Waals surface area contributed by atoms with Gasteiger partial charge in [-0.2, -0.15) is 5.26 Å². The molecule has 1 aromatic rings. The Morgan fingerprint density at radius 2 is 2.16 bits per heavy atom. The zero-order valence-corrected chi connectivity index (χ0v) is 12.2. The summed E-state index contributed by atoms with van der Waals surface area (Å²) >= 11 is 5.88. The van der Waals surface area contributed by atoms with Crippen LogP contribution in [0.2, 0.25) is 5.02 Å². The Kier molecular flexibility index (Phi) is 4.93. The summed E-state index contributed by atoms with van der Waals surface area (Å²) in [5.41, 5.74) is -0.667. The van der Waals surface area contributed by atoms with Crippen molar-refractivity contribution in [3.63, 3.8) is 0 Å². The van der Waals surface area contributed by atoms with E-state index in [0.29, 0.717) is 6.42 Å². The fraction of sp³-hybridized carbons (Fsp3) is 0.417. The van der Waals surface area contributed by atoms with Crippen LogP contribution in [0.5, 0.6) is 0 Å². The predicted octanol–water partition coefficient (Wildman–Crippen LogP) is 1.65. The van der Waals surface area contributed by atoms with Crippen LogP contribution in [0.3, 0.4) is 0 Å². The topological polar surface area (TPSA) is 90.2 Å². The third kappa shape index (κ3) is 3.67. The second kappa shape index (κ2) is 5.88. The first-order valence-electron chi connectivity index (χ1n) is 5.62. The minimum Gasteiger partial charge on any atom is -0.394 e. The van der Waals surface area contributed by atoms with Gasteiger partial charge in [0, 0.05) is 0 Å². The number of nitrogens with one attached hydrogen (secondary N) is 1. The second-order valence-corrected chi connectivity index (χ2v) is 6.49. The molecule has 0 aliphatic rings. The van der Waals surface area contributed by atoms with E-state index in [0.717, 1.165) is 0 Å². The summed E-state index contributed by atoms with van der Waals surface area (Å²) in [5.74, 6) is 0. The van der Waals surface area contributed by atoms with Crippen molar-refractivity contribution in [1.29, 1.82) is 5.26 Å². The van der Waals surface area contributed by atoms with E-state index in [2.05, 4.69) is 4.72 Å². The van der Waals surface area contributed by atoms with Gasteiger partial charge in [-0.05, 0) is 31.5 Å². The monoisotopic (exact) mass is 302 g/mol. The van der Waals surface area contributed by atoms with Crippen molar-refractivity contribution in [3.8, 4) is 6.07 Å². The van der Waals surface area contributed by atoms with E-state index in [4.69, 9.17) is 16.9 Å². The molecule has 0 bridgehead atoms. The number of benzene rings is 1. The molecule has 0 heterocycles. The number of rotatable bonds is 5. The van der Waals surface area contributed by atoms with Crippen molar-refractivity contribution in [1.82, 2.24) is 4.72 Å². The van der Waals surface area contributed by atoms with Crippen LogP contribution in [0, 0.1) is 11.3 Å². The van der Waals surface area contributed by atoms with Gasteiger partial charge in [-0.1, -0.05) is 18.5 Å². The molecule has 0 fully saturated rings. The van der Waals surface area contributed by atoms with Gasteiger partial charge in [0.05, 0.1) is 28.8 Å². The summed E-state index contributed by atoms with van der Waals surface area (Å²) in [6.07, 6.45) is 0.427. The second-order valence-electron chi connectivity index (χ2n) is 4.43. The molecule has 0 saturated carbocycles. The lowest BCUT2D eigenvalue weighted by Crippen LogP contribution is -2.48. The largest absolute Gasteiger partial charge is 0.394 e. The number of hydrogen-bond acceptors (Lipinski definition) is 4. The number of nitrogens with zero attached hydrogens (tertiary/aromatic N) is 1. The Balaban J connectivity index is 3.19. The van der Waals surface area contributed by atoms with Crippen LogP contribution in [0.1, 0.15) is 25.8 Å². The lowest BCUT2D eigenvalue weighted by atomic mass is 10.0. The van der Waals surface area contributed by atoms with Crippen molar-refractivity contribution >= 4 is 21.6 Å². The van der Waals surface area contributed by atoms with Gasteiger partial charge in [0.25, 0.3) is 0 Å². The van der Waals surface area contributed by atoms with Crippen LogP contribution in [-0.2, 0) is 10.0 Å². The molecule has 19 heavy (non-hydrogen) atoms. The van der Waals surface area contributed by atoms with Gasteiger partial charge in [-0.25, -0.2) is 13.1 Å². The highest BCUT2D eigenvalue weighted by Crippen LogP contribution is 2.24. The SMILES string of the molecule is CCC(C)(CO)NS(=O)(=O)c1ccc(C#N)cc1Cl. The molecule has 1 aromatic carbocycles. The Morgan fingerprint density at radius 3 is 2.58 bits per heavy atom. The Hall–Kier alpha value is -1.13. The molecule has 1 atom stereocenters. The molecule has 1 rings (SSSR count). The molecule has 0 aliphatic carbocycles. The van der Waals surface area contributed by atoms with Crippen molar-refractivity contribution in [2.24, 2.45) is 0 Å². The summed E-state index contributed by atoms with van der Waals surface area (Å²) in [7, 11) is -3.85. The zero-order valence-electron chi connectivity index (χ0n) is 10.6. The van der Waals surface area contributed by atoms with Gasteiger partial charge < -0.3 is 5.11 Å². The zero-order chi connectivity index (χ0) is 14.7. The van der Waals surface area contributed by atoms with Gasteiger partial charge in [0.15, 0.2) is 0 Å². The number of aliphatic hydroxyl groups excluding tert-OH is 1. The molecule has 2 N–H and O–H groups in total. The number of hydrogen-bond donors (Lipinski definition) is 2. The number of halogens is 1. The van der Waals surface area contributed by atoms with E-state index >= 15 is 0 Å². The van der Waals surface area contributed by atoms with E-state index in [9.17, 15) is 13.5 Å². The average molecular weight is 303 g/mol. The van der Waals surface area contributed by atoms with Crippen molar-refractivity contribution < 1.29 is 13.5 Å². The summed E-state index contributed by atoms with van der Waals surface area (Å²) in [6.45, 7) is 3.04. The van der Waals surface area contributed by atoms with Crippen molar-refractivity contribution in [2.75, 3.05) is 6.61 Å². The highest BCUT2D eigenvalue weighted by Gasteiger charge is 2.29. The molecule has 0 spiro atoms. The van der Waals surface area contributed by atoms with Crippen LogP contribution >= 0.6 is 11.6 Å². The summed E-state index contributed by atoms with van der Waals surface area (Å²) in [4.78, 5) is -0.110. The fourth-order valence-electron chi connectivity index (χ4n) is 1.38. The van der Waals surface area contributed by atoms with E-state index in [1.807, 2.05) is 6.07 Å². The minimum absolute atomic E-state index is 0.0251. The summed E-state index contributed by atoms with van der Waals surface area (Å²) in [5, 5.41) is 17.9. The average Bonchev–Trinajstić information content (AvgIpc) is 2.37. The van der Waals surface area contributed by atoms with Crippen LogP contribution in [-0.4, -0.2) is 25.7 Å². The lowest BCUT2D eigenvalue weighted by Gasteiger charge is -2.26. The van der Waals surface area contributed by atoms with Crippen LogP contribution < -0.4 is 4.72 Å². The molecule has 0 amide bonds. The van der Waals surface area contributed by atoms with Crippen LogP contribution in [0.25, 0.3) is 0 Å². The van der Waals surface area contributed by atoms with Gasteiger partial charge in [0.1, 0.15) is 4.90 Å². The Bertz CT molecular complexity index is 604. The quantitative estimate of drug-likeness (QED) is 0.865. The Morgan fingerprint density at radius 1 is 1.53 bits per heavy atom. The third-order valence-electron chi connectivity index (χ3n) is 2.86. The van der Waals surface area contributed by atoms with Crippen LogP contribution in [0.15, 0.2) is 23.1 Å².